The molecule has 0 aromatic carbocycles. The summed E-state index contributed by atoms with van der Waals surface area (Å²) in [6.07, 6.45) is 4.33. The number of rotatable bonds is 12. The van der Waals surface area contributed by atoms with E-state index < -0.39 is 11.2 Å². The summed E-state index contributed by atoms with van der Waals surface area (Å²) in [4.78, 5) is 14.8. The largest absolute Gasteiger partial charge is 0.379 e. The van der Waals surface area contributed by atoms with Gasteiger partial charge in [-0.1, -0.05) is 25.8 Å². The van der Waals surface area contributed by atoms with Gasteiger partial charge in [0.05, 0.1) is 6.61 Å². The minimum absolute atomic E-state index is 0.231. The highest BCUT2D eigenvalue weighted by molar-refractivity contribution is 4.71. The van der Waals surface area contributed by atoms with E-state index in [-0.39, 0.29) is 6.61 Å². The minimum Gasteiger partial charge on any atom is -0.379 e. The summed E-state index contributed by atoms with van der Waals surface area (Å²) in [6, 6.07) is 0. The van der Waals surface area contributed by atoms with Crippen LogP contribution < -0.4 is 5.32 Å². The van der Waals surface area contributed by atoms with Crippen LogP contribution in [0.15, 0.2) is 12.7 Å². The van der Waals surface area contributed by atoms with Crippen LogP contribution in [0.1, 0.15) is 26.2 Å². The third-order valence-corrected chi connectivity index (χ3v) is 2.09. The molecule has 6 heteroatoms. The average Bonchev–Trinajstić information content (AvgIpc) is 2.28. The number of ether oxygens (including phenoxy) is 1. The van der Waals surface area contributed by atoms with Crippen LogP contribution in [0, 0.1) is 10.1 Å². The Morgan fingerprint density at radius 1 is 1.53 bits per heavy atom. The predicted octanol–water partition coefficient (Wildman–Crippen LogP) is 1.55. The van der Waals surface area contributed by atoms with Crippen molar-refractivity contribution in [1.82, 2.24) is 5.32 Å². The van der Waals surface area contributed by atoms with Crippen molar-refractivity contribution >= 4 is 0 Å². The summed E-state index contributed by atoms with van der Waals surface area (Å²) < 4.78 is 5.33. The summed E-state index contributed by atoms with van der Waals surface area (Å²) in [5.41, 5.74) is 0. The maximum Gasteiger partial charge on any atom is 0.294 e. The van der Waals surface area contributed by atoms with Gasteiger partial charge in [-0.15, -0.1) is 16.7 Å². The number of nitrogens with one attached hydrogen (secondary N) is 1. The van der Waals surface area contributed by atoms with Crippen molar-refractivity contribution in [2.24, 2.45) is 0 Å². The Balaban J connectivity index is 3.68. The molecule has 0 aromatic rings. The van der Waals surface area contributed by atoms with Crippen molar-refractivity contribution in [3.05, 3.63) is 22.8 Å². The van der Waals surface area contributed by atoms with Gasteiger partial charge in [-0.25, -0.2) is 0 Å². The monoisotopic (exact) mass is 246 g/mol. The van der Waals surface area contributed by atoms with Crippen LogP contribution in [0.5, 0.6) is 0 Å². The number of hydrogen-bond acceptors (Lipinski definition) is 5. The molecule has 0 radical (unpaired) electrons. The van der Waals surface area contributed by atoms with Crippen LogP contribution in [-0.2, 0) is 9.57 Å². The molecule has 0 aliphatic heterocycles. The normalized spacial score (nSPS) is 12.1. The third-order valence-electron chi connectivity index (χ3n) is 2.09. The molecule has 0 spiro atoms. The lowest BCUT2D eigenvalue weighted by atomic mass is 10.3. The van der Waals surface area contributed by atoms with Crippen LogP contribution in [0.2, 0.25) is 0 Å². The molecule has 0 rings (SSSR count). The van der Waals surface area contributed by atoms with Gasteiger partial charge in [-0.2, -0.15) is 0 Å². The first-order valence-corrected chi connectivity index (χ1v) is 5.91. The first-order valence-electron chi connectivity index (χ1n) is 5.91. The fraction of sp³-hybridized carbons (Fsp3) is 0.818. The lowest BCUT2D eigenvalue weighted by molar-refractivity contribution is -0.768. The fourth-order valence-corrected chi connectivity index (χ4v) is 1.26. The Morgan fingerprint density at radius 3 is 2.88 bits per heavy atom. The topological polar surface area (TPSA) is 73.6 Å². The van der Waals surface area contributed by atoms with E-state index in [1.165, 1.54) is 0 Å². The van der Waals surface area contributed by atoms with E-state index in [4.69, 9.17) is 4.74 Å². The summed E-state index contributed by atoms with van der Waals surface area (Å²) in [5, 5.41) is 12.4. The minimum atomic E-state index is -0.782. The van der Waals surface area contributed by atoms with Crippen molar-refractivity contribution in [3.8, 4) is 0 Å². The zero-order valence-electron chi connectivity index (χ0n) is 10.4. The zero-order chi connectivity index (χ0) is 12.9. The second kappa shape index (κ2) is 11.3. The van der Waals surface area contributed by atoms with E-state index in [0.29, 0.717) is 19.7 Å². The molecule has 1 unspecified atom stereocenters. The molecular weight excluding hydrogens is 224 g/mol. The molecule has 1 atom stereocenters. The SMILES string of the molecule is C=CCNCC(COCCCCC)O[N+](=O)[O-]. The van der Waals surface area contributed by atoms with E-state index in [1.54, 1.807) is 6.08 Å². The molecule has 0 saturated carbocycles. The van der Waals surface area contributed by atoms with Crippen LogP contribution in [-0.4, -0.2) is 37.5 Å². The summed E-state index contributed by atoms with van der Waals surface area (Å²) in [7, 11) is 0. The standard InChI is InChI=1S/C11H22N2O4/c1-3-5-6-8-16-10-11(17-13(14)15)9-12-7-4-2/h4,11-12H,2-3,5-10H2,1H3. The smallest absolute Gasteiger partial charge is 0.294 e. The Kier molecular flexibility index (Phi) is 10.6. The van der Waals surface area contributed by atoms with E-state index >= 15 is 0 Å². The van der Waals surface area contributed by atoms with Gasteiger partial charge < -0.3 is 14.9 Å². The van der Waals surface area contributed by atoms with Crippen molar-refractivity contribution in [3.63, 3.8) is 0 Å². The highest BCUT2D eigenvalue weighted by atomic mass is 17.0. The van der Waals surface area contributed by atoms with Gasteiger partial charge in [0.1, 0.15) is 6.10 Å². The second-order valence-electron chi connectivity index (χ2n) is 3.68. The summed E-state index contributed by atoms with van der Waals surface area (Å²) >= 11 is 0. The fourth-order valence-electron chi connectivity index (χ4n) is 1.26. The molecule has 1 N–H and O–H groups in total. The zero-order valence-corrected chi connectivity index (χ0v) is 10.4. The molecular formula is C11H22N2O4. The lowest BCUT2D eigenvalue weighted by Gasteiger charge is -2.15. The molecule has 6 nitrogen and oxygen atoms in total. The van der Waals surface area contributed by atoms with Gasteiger partial charge in [0.25, 0.3) is 5.09 Å². The van der Waals surface area contributed by atoms with Gasteiger partial charge in [0, 0.05) is 19.7 Å². The quantitative estimate of drug-likeness (QED) is 0.245. The van der Waals surface area contributed by atoms with E-state index in [1.807, 2.05) is 0 Å². The van der Waals surface area contributed by atoms with Crippen molar-refractivity contribution in [2.45, 2.75) is 32.3 Å². The Morgan fingerprint density at radius 2 is 2.29 bits per heavy atom. The molecule has 0 saturated heterocycles. The Labute approximate surface area is 102 Å². The number of unbranched alkanes of at least 4 members (excludes halogenated alkanes) is 2. The van der Waals surface area contributed by atoms with Crippen LogP contribution in [0.4, 0.5) is 0 Å². The Bertz CT molecular complexity index is 212. The second-order valence-corrected chi connectivity index (χ2v) is 3.68. The number of nitrogens with zero attached hydrogens (tertiary/aromatic N) is 1. The van der Waals surface area contributed by atoms with Gasteiger partial charge in [-0.3, -0.25) is 0 Å². The molecule has 0 aromatic heterocycles. The van der Waals surface area contributed by atoms with Gasteiger partial charge in [0.15, 0.2) is 0 Å². The Hall–Kier alpha value is -1.14. The molecule has 0 aliphatic carbocycles. The maximum absolute atomic E-state index is 10.3. The van der Waals surface area contributed by atoms with Gasteiger partial charge in [0.2, 0.25) is 0 Å². The van der Waals surface area contributed by atoms with E-state index in [0.717, 1.165) is 19.3 Å². The van der Waals surface area contributed by atoms with Crippen LogP contribution in [0.25, 0.3) is 0 Å². The van der Waals surface area contributed by atoms with E-state index in [2.05, 4.69) is 23.7 Å². The molecule has 17 heavy (non-hydrogen) atoms. The maximum atomic E-state index is 10.3. The highest BCUT2D eigenvalue weighted by Crippen LogP contribution is 1.97. The molecule has 0 fully saturated rings. The third kappa shape index (κ3) is 11.1. The molecule has 0 amide bonds. The van der Waals surface area contributed by atoms with Crippen molar-refractivity contribution in [1.29, 1.82) is 0 Å². The number of hydrogen-bond donors (Lipinski definition) is 1. The summed E-state index contributed by atoms with van der Waals surface area (Å²) in [5.74, 6) is 0. The molecule has 0 heterocycles. The van der Waals surface area contributed by atoms with Gasteiger partial charge in [-0.05, 0) is 6.42 Å². The van der Waals surface area contributed by atoms with E-state index in [9.17, 15) is 10.1 Å². The molecule has 0 aliphatic rings. The first kappa shape index (κ1) is 15.9. The van der Waals surface area contributed by atoms with Crippen molar-refractivity contribution in [2.75, 3.05) is 26.3 Å². The first-order chi connectivity index (χ1) is 8.20. The predicted molar refractivity (Wildman–Crippen MR) is 65.3 cm³/mol. The summed E-state index contributed by atoms with van der Waals surface area (Å²) in [6.45, 7) is 7.47. The highest BCUT2D eigenvalue weighted by Gasteiger charge is 2.12. The van der Waals surface area contributed by atoms with Crippen molar-refractivity contribution < 1.29 is 14.7 Å². The molecule has 100 valence electrons. The van der Waals surface area contributed by atoms with Gasteiger partial charge >= 0.3 is 0 Å². The van der Waals surface area contributed by atoms with Crippen LogP contribution >= 0.6 is 0 Å². The molecule has 0 bridgehead atoms. The van der Waals surface area contributed by atoms with Crippen LogP contribution in [0.3, 0.4) is 0 Å². The average molecular weight is 246 g/mol. The lowest BCUT2D eigenvalue weighted by Crippen LogP contribution is -2.34.